The van der Waals surface area contributed by atoms with E-state index in [4.69, 9.17) is 31.5 Å². The molecule has 7 heteroatoms. The van der Waals surface area contributed by atoms with Crippen LogP contribution in [0, 0.1) is 17.7 Å². The van der Waals surface area contributed by atoms with E-state index in [0.717, 1.165) is 29.8 Å². The normalized spacial score (nSPS) is 14.4. The third-order valence-corrected chi connectivity index (χ3v) is 5.08. The van der Waals surface area contributed by atoms with Crippen molar-refractivity contribution in [2.24, 2.45) is 0 Å². The topological polar surface area (TPSA) is 60.2 Å². The van der Waals surface area contributed by atoms with Crippen LogP contribution in [0.4, 0.5) is 4.39 Å². The number of rotatable bonds is 3. The molecule has 0 spiro atoms. The summed E-state index contributed by atoms with van der Waals surface area (Å²) >= 11 is 6.01. The van der Waals surface area contributed by atoms with Crippen LogP contribution in [0.1, 0.15) is 30.1 Å². The van der Waals surface area contributed by atoms with Gasteiger partial charge in [-0.15, -0.1) is 0 Å². The summed E-state index contributed by atoms with van der Waals surface area (Å²) < 4.78 is 20.8. The first kappa shape index (κ1) is 19.6. The van der Waals surface area contributed by atoms with Crippen LogP contribution in [-0.2, 0) is 4.74 Å². The highest BCUT2D eigenvalue weighted by molar-refractivity contribution is 6.30. The molecule has 1 aliphatic rings. The molecule has 0 radical (unpaired) electrons. The number of halogens is 2. The predicted octanol–water partition coefficient (Wildman–Crippen LogP) is 3.96. The van der Waals surface area contributed by atoms with Gasteiger partial charge in [0.1, 0.15) is 12.4 Å². The van der Waals surface area contributed by atoms with Gasteiger partial charge in [-0.2, -0.15) is 5.10 Å². The van der Waals surface area contributed by atoms with E-state index >= 15 is 0 Å². The molecular formula is C22H19ClFN3O2. The molecule has 0 unspecified atom stereocenters. The van der Waals surface area contributed by atoms with Crippen molar-refractivity contribution in [3.05, 3.63) is 64.7 Å². The summed E-state index contributed by atoms with van der Waals surface area (Å²) in [6.45, 7) is 1.16. The van der Waals surface area contributed by atoms with Crippen LogP contribution in [-0.4, -0.2) is 39.7 Å². The van der Waals surface area contributed by atoms with Crippen molar-refractivity contribution in [1.29, 1.82) is 0 Å². The van der Waals surface area contributed by atoms with E-state index in [0.29, 0.717) is 24.7 Å². The summed E-state index contributed by atoms with van der Waals surface area (Å²) in [7, 11) is 0. The number of ether oxygens (including phenoxy) is 1. The van der Waals surface area contributed by atoms with E-state index in [1.165, 1.54) is 12.1 Å². The monoisotopic (exact) mass is 411 g/mol. The third-order valence-electron chi connectivity index (χ3n) is 4.79. The van der Waals surface area contributed by atoms with Crippen LogP contribution < -0.4 is 0 Å². The second kappa shape index (κ2) is 8.75. The summed E-state index contributed by atoms with van der Waals surface area (Å²) in [5, 5.41) is 13.7. The zero-order chi connectivity index (χ0) is 20.2. The highest BCUT2D eigenvalue weighted by atomic mass is 35.5. The molecule has 5 nitrogen and oxygen atoms in total. The van der Waals surface area contributed by atoms with Gasteiger partial charge in [0.15, 0.2) is 11.6 Å². The van der Waals surface area contributed by atoms with Gasteiger partial charge in [0, 0.05) is 30.3 Å². The lowest BCUT2D eigenvalue weighted by molar-refractivity contribution is 0.0836. The van der Waals surface area contributed by atoms with Gasteiger partial charge in [0.25, 0.3) is 0 Å². The zero-order valence-electron chi connectivity index (χ0n) is 15.6. The average molecular weight is 412 g/mol. The zero-order valence-corrected chi connectivity index (χ0v) is 16.4. The van der Waals surface area contributed by atoms with E-state index in [9.17, 15) is 4.39 Å². The van der Waals surface area contributed by atoms with Crippen LogP contribution in [0.25, 0.3) is 17.1 Å². The summed E-state index contributed by atoms with van der Waals surface area (Å²) in [4.78, 5) is 4.82. The maximum atomic E-state index is 13.7. The molecule has 1 aliphatic heterocycles. The quantitative estimate of drug-likeness (QED) is 0.662. The van der Waals surface area contributed by atoms with E-state index < -0.39 is 5.82 Å². The largest absolute Gasteiger partial charge is 0.384 e. The van der Waals surface area contributed by atoms with Crippen molar-refractivity contribution in [2.75, 3.05) is 19.8 Å². The Bertz CT molecular complexity index is 1080. The summed E-state index contributed by atoms with van der Waals surface area (Å²) in [6.07, 6.45) is 1.71. The molecule has 1 saturated heterocycles. The molecule has 2 aromatic carbocycles. The van der Waals surface area contributed by atoms with Crippen molar-refractivity contribution in [3.8, 4) is 28.9 Å². The summed E-state index contributed by atoms with van der Waals surface area (Å²) in [5.74, 6) is 6.64. The van der Waals surface area contributed by atoms with Crippen LogP contribution in [0.2, 0.25) is 5.02 Å². The van der Waals surface area contributed by atoms with Crippen LogP contribution in [0.3, 0.4) is 0 Å². The molecule has 0 amide bonds. The fourth-order valence-electron chi connectivity index (χ4n) is 3.32. The number of aliphatic hydroxyl groups is 1. The molecule has 29 heavy (non-hydrogen) atoms. The lowest BCUT2D eigenvalue weighted by Crippen LogP contribution is -2.15. The number of nitrogens with zero attached hydrogens (tertiary/aromatic N) is 3. The highest BCUT2D eigenvalue weighted by Crippen LogP contribution is 2.30. The summed E-state index contributed by atoms with van der Waals surface area (Å²) in [5.41, 5.74) is 2.21. The van der Waals surface area contributed by atoms with Crippen LogP contribution >= 0.6 is 11.6 Å². The van der Waals surface area contributed by atoms with Crippen molar-refractivity contribution in [2.45, 2.75) is 18.8 Å². The molecule has 0 saturated carbocycles. The minimum Gasteiger partial charge on any atom is -0.384 e. The fourth-order valence-corrected chi connectivity index (χ4v) is 3.49. The molecule has 148 valence electrons. The number of hydrogen-bond donors (Lipinski definition) is 1. The smallest absolute Gasteiger partial charge is 0.163 e. The number of aliphatic hydroxyl groups excluding tert-OH is 1. The first-order valence-corrected chi connectivity index (χ1v) is 9.74. The standard InChI is InChI=1S/C22H19ClFN3O2/c23-19-14-18(6-7-20(19)24)27-22(17-5-1-3-15(13-17)4-2-10-28)25-21(26-27)16-8-11-29-12-9-16/h1,3,5-7,13-14,16,28H,8-12H2. The molecule has 2 heterocycles. The molecule has 1 fully saturated rings. The van der Waals surface area contributed by atoms with Crippen molar-refractivity contribution in [3.63, 3.8) is 0 Å². The minimum absolute atomic E-state index is 0.0270. The fraction of sp³-hybridized carbons (Fsp3) is 0.273. The first-order chi connectivity index (χ1) is 14.2. The van der Waals surface area contributed by atoms with Crippen LogP contribution in [0.15, 0.2) is 42.5 Å². The second-order valence-corrected chi connectivity index (χ2v) is 7.14. The lowest BCUT2D eigenvalue weighted by atomic mass is 10.00. The Balaban J connectivity index is 1.82. The summed E-state index contributed by atoms with van der Waals surface area (Å²) in [6, 6.07) is 12.0. The van der Waals surface area contributed by atoms with Gasteiger partial charge >= 0.3 is 0 Å². The number of aromatic nitrogens is 3. The SMILES string of the molecule is OCC#Cc1cccc(-c2nc(C3CCOCC3)nn2-c2ccc(F)c(Cl)c2)c1. The van der Waals surface area contributed by atoms with Gasteiger partial charge in [-0.1, -0.05) is 35.6 Å². The molecule has 1 aromatic heterocycles. The molecule has 4 rings (SSSR count). The van der Waals surface area contributed by atoms with Crippen molar-refractivity contribution >= 4 is 11.6 Å². The average Bonchev–Trinajstić information content (AvgIpc) is 3.21. The van der Waals surface area contributed by atoms with Gasteiger partial charge in [-0.25, -0.2) is 14.1 Å². The van der Waals surface area contributed by atoms with Gasteiger partial charge in [-0.05, 0) is 43.2 Å². The maximum Gasteiger partial charge on any atom is 0.163 e. The van der Waals surface area contributed by atoms with Crippen LogP contribution in [0.5, 0.6) is 0 Å². The van der Waals surface area contributed by atoms with Gasteiger partial charge in [0.05, 0.1) is 10.7 Å². The minimum atomic E-state index is -0.483. The van der Waals surface area contributed by atoms with Gasteiger partial charge < -0.3 is 9.84 Å². The Kier molecular flexibility index (Phi) is 5.91. The maximum absolute atomic E-state index is 13.7. The molecule has 3 aromatic rings. The first-order valence-electron chi connectivity index (χ1n) is 9.36. The second-order valence-electron chi connectivity index (χ2n) is 6.73. The molecule has 0 bridgehead atoms. The van der Waals surface area contributed by atoms with E-state index in [1.54, 1.807) is 10.7 Å². The number of benzene rings is 2. The molecule has 0 aliphatic carbocycles. The highest BCUT2D eigenvalue weighted by Gasteiger charge is 2.23. The molecule has 1 N–H and O–H groups in total. The van der Waals surface area contributed by atoms with E-state index in [1.807, 2.05) is 24.3 Å². The van der Waals surface area contributed by atoms with Crippen molar-refractivity contribution < 1.29 is 14.2 Å². The van der Waals surface area contributed by atoms with Gasteiger partial charge in [-0.3, -0.25) is 0 Å². The number of hydrogen-bond acceptors (Lipinski definition) is 4. The Morgan fingerprint density at radius 1 is 1.21 bits per heavy atom. The Labute approximate surface area is 173 Å². The lowest BCUT2D eigenvalue weighted by Gasteiger charge is -2.18. The molecule has 0 atom stereocenters. The Morgan fingerprint density at radius 3 is 2.79 bits per heavy atom. The van der Waals surface area contributed by atoms with E-state index in [-0.39, 0.29) is 17.5 Å². The van der Waals surface area contributed by atoms with Gasteiger partial charge in [0.2, 0.25) is 0 Å². The van der Waals surface area contributed by atoms with Crippen molar-refractivity contribution in [1.82, 2.24) is 14.8 Å². The van der Waals surface area contributed by atoms with E-state index in [2.05, 4.69) is 11.8 Å². The Hall–Kier alpha value is -2.72. The predicted molar refractivity (Wildman–Crippen MR) is 109 cm³/mol. The Morgan fingerprint density at radius 2 is 2.03 bits per heavy atom. The molecular weight excluding hydrogens is 393 g/mol. The third kappa shape index (κ3) is 4.33.